The SMILES string of the molecule is Cc1sc(N)c(C(=O)c2ccc3[nH]c(=O)oc3c2)c1-c1ccccc1. The van der Waals surface area contributed by atoms with E-state index in [0.29, 0.717) is 27.2 Å². The molecule has 124 valence electrons. The van der Waals surface area contributed by atoms with Crippen molar-refractivity contribution in [1.29, 1.82) is 0 Å². The van der Waals surface area contributed by atoms with Crippen LogP contribution < -0.4 is 11.5 Å². The van der Waals surface area contributed by atoms with Crippen LogP contribution in [0.5, 0.6) is 0 Å². The molecule has 0 aliphatic heterocycles. The van der Waals surface area contributed by atoms with Crippen LogP contribution in [0.15, 0.2) is 57.7 Å². The molecule has 0 saturated heterocycles. The third-order valence-corrected chi connectivity index (χ3v) is 5.02. The number of anilines is 1. The van der Waals surface area contributed by atoms with Crippen LogP contribution in [0, 0.1) is 6.92 Å². The molecule has 0 aliphatic carbocycles. The van der Waals surface area contributed by atoms with Gasteiger partial charge in [0.05, 0.1) is 16.1 Å². The number of nitrogens with one attached hydrogen (secondary N) is 1. The van der Waals surface area contributed by atoms with E-state index in [4.69, 9.17) is 10.2 Å². The standard InChI is InChI=1S/C19H14N2O3S/c1-10-15(11-5-3-2-4-6-11)16(18(20)25-10)17(22)12-7-8-13-14(9-12)24-19(23)21-13/h2-9H,20H2,1H3,(H,21,23). The highest BCUT2D eigenvalue weighted by molar-refractivity contribution is 7.16. The smallest absolute Gasteiger partial charge is 0.408 e. The maximum atomic E-state index is 13.1. The third-order valence-electron chi connectivity index (χ3n) is 4.08. The molecule has 25 heavy (non-hydrogen) atoms. The van der Waals surface area contributed by atoms with Crippen molar-refractivity contribution in [2.75, 3.05) is 5.73 Å². The summed E-state index contributed by atoms with van der Waals surface area (Å²) >= 11 is 1.40. The summed E-state index contributed by atoms with van der Waals surface area (Å²) in [5.74, 6) is -0.734. The van der Waals surface area contributed by atoms with Gasteiger partial charge in [-0.3, -0.25) is 9.78 Å². The second-order valence-electron chi connectivity index (χ2n) is 5.69. The summed E-state index contributed by atoms with van der Waals surface area (Å²) < 4.78 is 5.05. The molecule has 0 saturated carbocycles. The number of nitrogen functional groups attached to an aromatic ring is 1. The lowest BCUT2D eigenvalue weighted by molar-refractivity contribution is 0.104. The monoisotopic (exact) mass is 350 g/mol. The number of carbonyl (C=O) groups is 1. The number of oxazole rings is 1. The number of aromatic nitrogens is 1. The number of H-pyrrole nitrogens is 1. The maximum absolute atomic E-state index is 13.1. The number of fused-ring (bicyclic) bond motifs is 1. The number of ketones is 1. The second kappa shape index (κ2) is 5.75. The molecule has 0 atom stereocenters. The van der Waals surface area contributed by atoms with Gasteiger partial charge in [-0.05, 0) is 30.7 Å². The Morgan fingerprint density at radius 2 is 1.92 bits per heavy atom. The highest BCUT2D eigenvalue weighted by Crippen LogP contribution is 2.39. The molecule has 6 heteroatoms. The molecule has 2 heterocycles. The van der Waals surface area contributed by atoms with E-state index in [1.165, 1.54) is 11.3 Å². The Morgan fingerprint density at radius 3 is 2.68 bits per heavy atom. The Morgan fingerprint density at radius 1 is 1.16 bits per heavy atom. The van der Waals surface area contributed by atoms with Crippen molar-refractivity contribution >= 4 is 33.2 Å². The van der Waals surface area contributed by atoms with Crippen LogP contribution in [0.1, 0.15) is 20.8 Å². The molecule has 0 amide bonds. The van der Waals surface area contributed by atoms with E-state index in [9.17, 15) is 9.59 Å². The molecule has 2 aromatic carbocycles. The van der Waals surface area contributed by atoms with E-state index in [1.807, 2.05) is 37.3 Å². The van der Waals surface area contributed by atoms with Crippen LogP contribution in [0.4, 0.5) is 5.00 Å². The largest absolute Gasteiger partial charge is 0.417 e. The number of aromatic amines is 1. The van der Waals surface area contributed by atoms with E-state index < -0.39 is 5.76 Å². The van der Waals surface area contributed by atoms with Crippen molar-refractivity contribution < 1.29 is 9.21 Å². The van der Waals surface area contributed by atoms with Gasteiger partial charge in [-0.25, -0.2) is 4.79 Å². The summed E-state index contributed by atoms with van der Waals surface area (Å²) in [4.78, 5) is 28.0. The number of nitrogens with two attached hydrogens (primary N) is 1. The minimum absolute atomic E-state index is 0.188. The van der Waals surface area contributed by atoms with Crippen LogP contribution >= 0.6 is 11.3 Å². The van der Waals surface area contributed by atoms with Gasteiger partial charge in [0.25, 0.3) is 0 Å². The zero-order valence-corrected chi connectivity index (χ0v) is 14.1. The molecule has 2 aromatic heterocycles. The molecular weight excluding hydrogens is 336 g/mol. The molecule has 4 aromatic rings. The predicted octanol–water partition coefficient (Wildman–Crippen LogP) is 3.97. The lowest BCUT2D eigenvalue weighted by atomic mass is 9.95. The molecule has 0 fully saturated rings. The van der Waals surface area contributed by atoms with Gasteiger partial charge in [0.1, 0.15) is 0 Å². The minimum atomic E-state index is -0.546. The summed E-state index contributed by atoms with van der Waals surface area (Å²) in [6, 6.07) is 14.6. The zero-order valence-electron chi connectivity index (χ0n) is 13.3. The Bertz CT molecular complexity index is 1150. The molecule has 4 rings (SSSR count). The predicted molar refractivity (Wildman–Crippen MR) is 99.2 cm³/mol. The molecule has 5 nitrogen and oxygen atoms in total. The Kier molecular flexibility index (Phi) is 3.54. The lowest BCUT2D eigenvalue weighted by Gasteiger charge is -2.07. The van der Waals surface area contributed by atoms with E-state index in [2.05, 4.69) is 4.98 Å². The molecule has 0 aliphatic rings. The summed E-state index contributed by atoms with van der Waals surface area (Å²) in [6.07, 6.45) is 0. The molecule has 0 unspecified atom stereocenters. The number of rotatable bonds is 3. The summed E-state index contributed by atoms with van der Waals surface area (Å²) in [5, 5.41) is 0.483. The van der Waals surface area contributed by atoms with Gasteiger partial charge < -0.3 is 10.2 Å². The number of hydrogen-bond acceptors (Lipinski definition) is 5. The number of carbonyl (C=O) groups excluding carboxylic acids is 1. The van der Waals surface area contributed by atoms with Crippen LogP contribution in [-0.4, -0.2) is 10.8 Å². The summed E-state index contributed by atoms with van der Waals surface area (Å²) in [6.45, 7) is 1.95. The third kappa shape index (κ3) is 2.56. The highest BCUT2D eigenvalue weighted by atomic mass is 32.1. The van der Waals surface area contributed by atoms with Crippen molar-refractivity contribution in [1.82, 2.24) is 4.98 Å². The van der Waals surface area contributed by atoms with Crippen LogP contribution in [0.25, 0.3) is 22.2 Å². The average Bonchev–Trinajstić information content (AvgIpc) is 3.12. The molecule has 0 radical (unpaired) electrons. The number of thiophene rings is 1. The van der Waals surface area contributed by atoms with Crippen molar-refractivity contribution in [3.05, 3.63) is 75.1 Å². The molecule has 3 N–H and O–H groups in total. The van der Waals surface area contributed by atoms with E-state index in [1.54, 1.807) is 18.2 Å². The van der Waals surface area contributed by atoms with Crippen molar-refractivity contribution in [3.8, 4) is 11.1 Å². The Labute approximate surface area is 146 Å². The van der Waals surface area contributed by atoms with Crippen LogP contribution in [0.2, 0.25) is 0 Å². The fourth-order valence-electron chi connectivity index (χ4n) is 2.98. The van der Waals surface area contributed by atoms with E-state index in [0.717, 1.165) is 16.0 Å². The van der Waals surface area contributed by atoms with Gasteiger partial charge in [-0.1, -0.05) is 30.3 Å². The van der Waals surface area contributed by atoms with Gasteiger partial charge in [0, 0.05) is 16.0 Å². The van der Waals surface area contributed by atoms with Crippen molar-refractivity contribution in [2.24, 2.45) is 0 Å². The molecule has 0 spiro atoms. The first-order valence-electron chi connectivity index (χ1n) is 7.66. The number of benzene rings is 2. The number of hydrogen-bond donors (Lipinski definition) is 2. The first-order valence-corrected chi connectivity index (χ1v) is 8.48. The van der Waals surface area contributed by atoms with Gasteiger partial charge >= 0.3 is 5.76 Å². The first-order chi connectivity index (χ1) is 12.0. The summed E-state index contributed by atoms with van der Waals surface area (Å²) in [5.41, 5.74) is 9.78. The Hall–Kier alpha value is -3.12. The topological polar surface area (TPSA) is 89.1 Å². The van der Waals surface area contributed by atoms with Gasteiger partial charge in [0.2, 0.25) is 0 Å². The van der Waals surface area contributed by atoms with E-state index in [-0.39, 0.29) is 5.78 Å². The fraction of sp³-hybridized carbons (Fsp3) is 0.0526. The van der Waals surface area contributed by atoms with E-state index >= 15 is 0 Å². The molecule has 0 bridgehead atoms. The average molecular weight is 350 g/mol. The quantitative estimate of drug-likeness (QED) is 0.547. The van der Waals surface area contributed by atoms with Gasteiger partial charge in [-0.2, -0.15) is 0 Å². The highest BCUT2D eigenvalue weighted by Gasteiger charge is 2.23. The fourth-order valence-corrected chi connectivity index (χ4v) is 3.92. The summed E-state index contributed by atoms with van der Waals surface area (Å²) in [7, 11) is 0. The first kappa shape index (κ1) is 15.4. The lowest BCUT2D eigenvalue weighted by Crippen LogP contribution is -2.04. The van der Waals surface area contributed by atoms with Gasteiger partial charge in [-0.15, -0.1) is 11.3 Å². The van der Waals surface area contributed by atoms with Crippen LogP contribution in [-0.2, 0) is 0 Å². The number of aryl methyl sites for hydroxylation is 1. The molecular formula is C19H14N2O3S. The van der Waals surface area contributed by atoms with Crippen molar-refractivity contribution in [3.63, 3.8) is 0 Å². The minimum Gasteiger partial charge on any atom is -0.408 e. The second-order valence-corrected chi connectivity index (χ2v) is 6.95. The van der Waals surface area contributed by atoms with Crippen molar-refractivity contribution in [2.45, 2.75) is 6.92 Å². The Balaban J connectivity index is 1.88. The van der Waals surface area contributed by atoms with Gasteiger partial charge in [0.15, 0.2) is 11.4 Å². The van der Waals surface area contributed by atoms with Crippen LogP contribution in [0.3, 0.4) is 0 Å². The normalized spacial score (nSPS) is 11.1. The maximum Gasteiger partial charge on any atom is 0.417 e. The zero-order chi connectivity index (χ0) is 17.6.